The number of methoxy groups -OCH3 is 1. The van der Waals surface area contributed by atoms with Gasteiger partial charge < -0.3 is 15.8 Å². The average molecular weight is 278 g/mol. The molecule has 0 heterocycles. The fourth-order valence-electron chi connectivity index (χ4n) is 1.50. The van der Waals surface area contributed by atoms with E-state index in [1.807, 2.05) is 6.92 Å². The molecule has 0 spiro atoms. The zero-order valence-electron chi connectivity index (χ0n) is 11.9. The van der Waals surface area contributed by atoms with Gasteiger partial charge in [0.1, 0.15) is 11.4 Å². The van der Waals surface area contributed by atoms with Crippen LogP contribution in [-0.2, 0) is 9.53 Å². The Morgan fingerprint density at radius 1 is 1.55 bits per heavy atom. The van der Waals surface area contributed by atoms with Crippen LogP contribution in [0.5, 0.6) is 0 Å². The van der Waals surface area contributed by atoms with Crippen LogP contribution in [0.1, 0.15) is 25.8 Å². The Bertz CT molecular complexity index is 543. The predicted molar refractivity (Wildman–Crippen MR) is 76.7 cm³/mol. The van der Waals surface area contributed by atoms with Gasteiger partial charge in [-0.2, -0.15) is 0 Å². The first-order valence-electron chi connectivity index (χ1n) is 6.32. The number of nitrogens with two attached hydrogens (primary N) is 1. The maximum absolute atomic E-state index is 13.8. The van der Waals surface area contributed by atoms with Gasteiger partial charge in [0.05, 0.1) is 12.1 Å². The molecule has 0 aliphatic carbocycles. The molecule has 3 N–H and O–H groups in total. The van der Waals surface area contributed by atoms with Gasteiger partial charge in [-0.15, -0.1) is 0 Å². The zero-order valence-corrected chi connectivity index (χ0v) is 11.9. The van der Waals surface area contributed by atoms with Crippen LogP contribution in [0, 0.1) is 17.7 Å². The van der Waals surface area contributed by atoms with Gasteiger partial charge in [-0.05, 0) is 31.5 Å². The summed E-state index contributed by atoms with van der Waals surface area (Å²) in [4.78, 5) is 12.1. The third kappa shape index (κ3) is 3.80. The molecule has 1 aromatic rings. The first kappa shape index (κ1) is 16.2. The zero-order chi connectivity index (χ0) is 15.2. The molecule has 20 heavy (non-hydrogen) atoms. The first-order valence-corrected chi connectivity index (χ1v) is 6.32. The van der Waals surface area contributed by atoms with E-state index in [2.05, 4.69) is 17.2 Å². The molecule has 1 aromatic carbocycles. The molecular formula is C15H19FN2O2. The highest BCUT2D eigenvalue weighted by atomic mass is 19.1. The van der Waals surface area contributed by atoms with Crippen LogP contribution >= 0.6 is 0 Å². The van der Waals surface area contributed by atoms with Gasteiger partial charge in [-0.3, -0.25) is 4.79 Å². The summed E-state index contributed by atoms with van der Waals surface area (Å²) >= 11 is 0. The summed E-state index contributed by atoms with van der Waals surface area (Å²) in [7, 11) is 1.47. The normalized spacial score (nSPS) is 13.1. The van der Waals surface area contributed by atoms with E-state index in [0.29, 0.717) is 12.1 Å². The van der Waals surface area contributed by atoms with Crippen LogP contribution in [-0.4, -0.2) is 25.2 Å². The van der Waals surface area contributed by atoms with E-state index >= 15 is 0 Å². The molecule has 4 nitrogen and oxygen atoms in total. The van der Waals surface area contributed by atoms with Crippen molar-refractivity contribution in [1.29, 1.82) is 0 Å². The number of anilines is 1. The van der Waals surface area contributed by atoms with Crippen molar-refractivity contribution in [3.05, 3.63) is 29.6 Å². The molecular weight excluding hydrogens is 259 g/mol. The average Bonchev–Trinajstić information content (AvgIpc) is 2.45. The molecule has 108 valence electrons. The first-order chi connectivity index (χ1) is 9.46. The lowest BCUT2D eigenvalue weighted by molar-refractivity contribution is -0.136. The van der Waals surface area contributed by atoms with E-state index in [9.17, 15) is 9.18 Å². The van der Waals surface area contributed by atoms with Crippen molar-refractivity contribution in [3.63, 3.8) is 0 Å². The van der Waals surface area contributed by atoms with Gasteiger partial charge in [0.25, 0.3) is 5.91 Å². The van der Waals surface area contributed by atoms with E-state index in [1.165, 1.54) is 19.2 Å². The topological polar surface area (TPSA) is 64.3 Å². The largest absolute Gasteiger partial charge is 0.369 e. The molecule has 0 saturated heterocycles. The van der Waals surface area contributed by atoms with E-state index in [4.69, 9.17) is 10.5 Å². The molecule has 0 aliphatic heterocycles. The third-order valence-corrected chi connectivity index (χ3v) is 3.16. The molecule has 1 rings (SSSR count). The van der Waals surface area contributed by atoms with Crippen molar-refractivity contribution >= 4 is 11.6 Å². The Morgan fingerprint density at radius 3 is 2.75 bits per heavy atom. The number of amides is 1. The minimum atomic E-state index is -0.936. The van der Waals surface area contributed by atoms with Crippen LogP contribution in [0.2, 0.25) is 0 Å². The Kier molecular flexibility index (Phi) is 5.68. The number of carbonyl (C=O) groups is 1. The smallest absolute Gasteiger partial charge is 0.256 e. The second-order valence-electron chi connectivity index (χ2n) is 4.44. The number of rotatable bonds is 4. The quantitative estimate of drug-likeness (QED) is 0.827. The molecule has 5 heteroatoms. The predicted octanol–water partition coefficient (Wildman–Crippen LogP) is 1.89. The number of hydrogen-bond acceptors (Lipinski definition) is 3. The Labute approximate surface area is 118 Å². The van der Waals surface area contributed by atoms with Crippen LogP contribution in [0.15, 0.2) is 18.2 Å². The summed E-state index contributed by atoms with van der Waals surface area (Å²) in [5.41, 5.74) is 4.91. The van der Waals surface area contributed by atoms with E-state index < -0.39 is 11.4 Å². The van der Waals surface area contributed by atoms with Gasteiger partial charge in [0, 0.05) is 12.8 Å². The Balaban J connectivity index is 2.90. The highest BCUT2D eigenvalue weighted by Gasteiger charge is 2.30. The SMILES string of the molecule is CCC(C)(OC)C(=O)Nc1ccc(C#CCN)c(F)c1. The lowest BCUT2D eigenvalue weighted by Crippen LogP contribution is -2.41. The second-order valence-corrected chi connectivity index (χ2v) is 4.44. The summed E-state index contributed by atoms with van der Waals surface area (Å²) in [5, 5.41) is 2.63. The maximum Gasteiger partial charge on any atom is 0.256 e. The van der Waals surface area contributed by atoms with Gasteiger partial charge in [0.2, 0.25) is 0 Å². The fourth-order valence-corrected chi connectivity index (χ4v) is 1.50. The van der Waals surface area contributed by atoms with Crippen LogP contribution in [0.25, 0.3) is 0 Å². The van der Waals surface area contributed by atoms with Gasteiger partial charge in [0.15, 0.2) is 0 Å². The van der Waals surface area contributed by atoms with Crippen molar-refractivity contribution < 1.29 is 13.9 Å². The van der Waals surface area contributed by atoms with Crippen molar-refractivity contribution in [3.8, 4) is 11.8 Å². The van der Waals surface area contributed by atoms with Gasteiger partial charge >= 0.3 is 0 Å². The number of benzene rings is 1. The molecule has 0 fully saturated rings. The summed E-state index contributed by atoms with van der Waals surface area (Å²) in [6.07, 6.45) is 0.512. The number of ether oxygens (including phenoxy) is 1. The van der Waals surface area contributed by atoms with Crippen molar-refractivity contribution in [2.45, 2.75) is 25.9 Å². The second kappa shape index (κ2) is 7.04. The molecule has 0 bridgehead atoms. The van der Waals surface area contributed by atoms with Gasteiger partial charge in [-0.25, -0.2) is 4.39 Å². The number of nitrogens with one attached hydrogen (secondary N) is 1. The third-order valence-electron chi connectivity index (χ3n) is 3.16. The standard InChI is InChI=1S/C15H19FN2O2/c1-4-15(2,20-3)14(19)18-12-8-7-11(6-5-9-17)13(16)10-12/h7-8,10H,4,9,17H2,1-3H3,(H,18,19). The molecule has 1 unspecified atom stereocenters. The van der Waals surface area contributed by atoms with Crippen LogP contribution < -0.4 is 11.1 Å². The van der Waals surface area contributed by atoms with Crippen molar-refractivity contribution in [2.75, 3.05) is 19.0 Å². The number of halogens is 1. The molecule has 0 aliphatic rings. The molecule has 1 amide bonds. The van der Waals surface area contributed by atoms with Gasteiger partial charge in [-0.1, -0.05) is 18.8 Å². The molecule has 0 aromatic heterocycles. The lowest BCUT2D eigenvalue weighted by Gasteiger charge is -2.25. The number of carbonyl (C=O) groups excluding carboxylic acids is 1. The Morgan fingerprint density at radius 2 is 2.25 bits per heavy atom. The van der Waals surface area contributed by atoms with E-state index in [0.717, 1.165) is 0 Å². The highest BCUT2D eigenvalue weighted by molar-refractivity contribution is 5.97. The molecule has 1 atom stereocenters. The summed E-state index contributed by atoms with van der Waals surface area (Å²) < 4.78 is 18.9. The summed E-state index contributed by atoms with van der Waals surface area (Å²) in [5.74, 6) is 4.38. The highest BCUT2D eigenvalue weighted by Crippen LogP contribution is 2.19. The molecule has 0 radical (unpaired) electrons. The van der Waals surface area contributed by atoms with Crippen molar-refractivity contribution in [1.82, 2.24) is 0 Å². The maximum atomic E-state index is 13.8. The van der Waals surface area contributed by atoms with Crippen molar-refractivity contribution in [2.24, 2.45) is 5.73 Å². The summed E-state index contributed by atoms with van der Waals surface area (Å²) in [6, 6.07) is 4.32. The number of hydrogen-bond donors (Lipinski definition) is 2. The van der Waals surface area contributed by atoms with Crippen LogP contribution in [0.4, 0.5) is 10.1 Å². The monoisotopic (exact) mass is 278 g/mol. The fraction of sp³-hybridized carbons (Fsp3) is 0.400. The minimum Gasteiger partial charge on any atom is -0.369 e. The van der Waals surface area contributed by atoms with E-state index in [1.54, 1.807) is 13.0 Å². The van der Waals surface area contributed by atoms with E-state index in [-0.39, 0.29) is 18.0 Å². The minimum absolute atomic E-state index is 0.167. The molecule has 0 saturated carbocycles. The van der Waals surface area contributed by atoms with Crippen LogP contribution in [0.3, 0.4) is 0 Å². The lowest BCUT2D eigenvalue weighted by atomic mass is 10.0. The summed E-state index contributed by atoms with van der Waals surface area (Å²) in [6.45, 7) is 3.69. The Hall–Kier alpha value is -1.90.